The molecule has 0 saturated heterocycles. The van der Waals surface area contributed by atoms with Gasteiger partial charge in [0.05, 0.1) is 16.7 Å². The first kappa shape index (κ1) is 15.0. The van der Waals surface area contributed by atoms with Crippen LogP contribution in [0.15, 0.2) is 33.3 Å². The summed E-state index contributed by atoms with van der Waals surface area (Å²) >= 11 is 6.90. The van der Waals surface area contributed by atoms with Gasteiger partial charge in [0.15, 0.2) is 0 Å². The van der Waals surface area contributed by atoms with Gasteiger partial charge in [-0.15, -0.1) is 5.10 Å². The Morgan fingerprint density at radius 1 is 1.33 bits per heavy atom. The molecule has 1 saturated carbocycles. The molecule has 0 aliphatic heterocycles. The summed E-state index contributed by atoms with van der Waals surface area (Å²) in [4.78, 5) is 0. The Hall–Kier alpha value is -0.920. The molecule has 0 bridgehead atoms. The van der Waals surface area contributed by atoms with Crippen molar-refractivity contribution < 1.29 is 4.74 Å². The third-order valence-electron chi connectivity index (χ3n) is 3.21. The molecule has 0 radical (unpaired) electrons. The lowest BCUT2D eigenvalue weighted by atomic mass is 10.3. The number of hydrogen-bond donors (Lipinski definition) is 1. The summed E-state index contributed by atoms with van der Waals surface area (Å²) in [6, 6.07) is 6.54. The number of hydrogen-bond acceptors (Lipinski definition) is 4. The van der Waals surface area contributed by atoms with Gasteiger partial charge in [-0.1, -0.05) is 21.1 Å². The third kappa shape index (κ3) is 4.52. The van der Waals surface area contributed by atoms with Crippen LogP contribution in [-0.2, 0) is 13.1 Å². The van der Waals surface area contributed by atoms with Crippen molar-refractivity contribution in [1.82, 2.24) is 20.3 Å². The van der Waals surface area contributed by atoms with Gasteiger partial charge in [0.1, 0.15) is 12.4 Å². The average Bonchev–Trinajstić information content (AvgIpc) is 3.18. The predicted molar refractivity (Wildman–Crippen MR) is 87.2 cm³/mol. The molecule has 1 aliphatic carbocycles. The van der Waals surface area contributed by atoms with Gasteiger partial charge in [0.25, 0.3) is 0 Å². The van der Waals surface area contributed by atoms with Crippen LogP contribution in [0.3, 0.4) is 0 Å². The van der Waals surface area contributed by atoms with Gasteiger partial charge in [0, 0.05) is 23.3 Å². The highest BCUT2D eigenvalue weighted by atomic mass is 79.9. The molecule has 0 amide bonds. The number of nitrogens with zero attached hydrogens (tertiary/aromatic N) is 3. The molecular weight excluding hydrogens is 400 g/mol. The fourth-order valence-corrected chi connectivity index (χ4v) is 3.07. The van der Waals surface area contributed by atoms with E-state index in [4.69, 9.17) is 4.74 Å². The van der Waals surface area contributed by atoms with E-state index < -0.39 is 0 Å². The monoisotopic (exact) mass is 414 g/mol. The quantitative estimate of drug-likeness (QED) is 0.754. The Kier molecular flexibility index (Phi) is 4.92. The van der Waals surface area contributed by atoms with Crippen LogP contribution in [-0.4, -0.2) is 27.6 Å². The van der Waals surface area contributed by atoms with Gasteiger partial charge in [-0.25, -0.2) is 4.68 Å². The first-order valence-corrected chi connectivity index (χ1v) is 8.49. The lowest BCUT2D eigenvalue weighted by Gasteiger charge is -2.08. The second-order valence-corrected chi connectivity index (χ2v) is 6.82. The van der Waals surface area contributed by atoms with Gasteiger partial charge in [-0.2, -0.15) is 0 Å². The van der Waals surface area contributed by atoms with Gasteiger partial charge < -0.3 is 10.1 Å². The summed E-state index contributed by atoms with van der Waals surface area (Å²) in [5.74, 6) is 0.828. The Bertz CT molecular complexity index is 613. The highest BCUT2D eigenvalue weighted by molar-refractivity contribution is 9.11. The molecule has 21 heavy (non-hydrogen) atoms. The summed E-state index contributed by atoms with van der Waals surface area (Å²) < 4.78 is 9.51. The smallest absolute Gasteiger partial charge is 0.133 e. The summed E-state index contributed by atoms with van der Waals surface area (Å²) in [5, 5.41) is 11.7. The highest BCUT2D eigenvalue weighted by Crippen LogP contribution is 2.28. The molecule has 112 valence electrons. The Morgan fingerprint density at radius 2 is 2.19 bits per heavy atom. The molecule has 7 heteroatoms. The van der Waals surface area contributed by atoms with E-state index in [1.807, 2.05) is 29.1 Å². The summed E-state index contributed by atoms with van der Waals surface area (Å²) in [6.07, 6.45) is 4.53. The maximum Gasteiger partial charge on any atom is 0.133 e. The van der Waals surface area contributed by atoms with Gasteiger partial charge in [-0.05, 0) is 47.0 Å². The van der Waals surface area contributed by atoms with Crippen molar-refractivity contribution in [3.8, 4) is 5.75 Å². The number of nitrogens with one attached hydrogen (secondary N) is 1. The Morgan fingerprint density at radius 3 is 2.95 bits per heavy atom. The van der Waals surface area contributed by atoms with Gasteiger partial charge >= 0.3 is 0 Å². The lowest BCUT2D eigenvalue weighted by molar-refractivity contribution is 0.288. The van der Waals surface area contributed by atoms with E-state index in [-0.39, 0.29) is 0 Å². The number of rotatable bonds is 7. The van der Waals surface area contributed by atoms with Gasteiger partial charge in [0.2, 0.25) is 0 Å². The largest absolute Gasteiger partial charge is 0.490 e. The van der Waals surface area contributed by atoms with Crippen molar-refractivity contribution in [3.63, 3.8) is 0 Å². The minimum absolute atomic E-state index is 0.555. The predicted octanol–water partition coefficient (Wildman–Crippen LogP) is 3.13. The molecule has 1 aromatic carbocycles. The normalized spacial score (nSPS) is 14.4. The van der Waals surface area contributed by atoms with Crippen molar-refractivity contribution in [1.29, 1.82) is 0 Å². The summed E-state index contributed by atoms with van der Waals surface area (Å²) in [6.45, 7) is 2.03. The molecule has 1 heterocycles. The summed E-state index contributed by atoms with van der Waals surface area (Å²) in [5.41, 5.74) is 0.978. The standard InChI is InChI=1S/C14H16Br2N4O/c15-10-1-4-14(13(16)7-10)21-6-5-20-9-12(18-19-20)8-17-11-2-3-11/h1,4,7,9,11,17H,2-3,5-6,8H2. The molecule has 1 N–H and O–H groups in total. The molecule has 2 aromatic rings. The topological polar surface area (TPSA) is 52.0 Å². The van der Waals surface area contributed by atoms with E-state index in [0.29, 0.717) is 19.2 Å². The molecular formula is C14H16Br2N4O. The zero-order valence-corrected chi connectivity index (χ0v) is 14.6. The van der Waals surface area contributed by atoms with Crippen LogP contribution in [0.1, 0.15) is 18.5 Å². The third-order valence-corrected chi connectivity index (χ3v) is 4.32. The zero-order valence-electron chi connectivity index (χ0n) is 11.4. The van der Waals surface area contributed by atoms with Crippen LogP contribution < -0.4 is 10.1 Å². The first-order chi connectivity index (χ1) is 10.2. The molecule has 0 spiro atoms. The van der Waals surface area contributed by atoms with Crippen LogP contribution in [0.4, 0.5) is 0 Å². The van der Waals surface area contributed by atoms with Crippen molar-refractivity contribution in [2.24, 2.45) is 0 Å². The number of ether oxygens (including phenoxy) is 1. The fraction of sp³-hybridized carbons (Fsp3) is 0.429. The van der Waals surface area contributed by atoms with Crippen LogP contribution in [0.25, 0.3) is 0 Å². The fourth-order valence-electron chi connectivity index (χ4n) is 1.91. The van der Waals surface area contributed by atoms with E-state index in [1.165, 1.54) is 12.8 Å². The number of halogens is 2. The second kappa shape index (κ2) is 6.89. The molecule has 0 atom stereocenters. The van der Waals surface area contributed by atoms with Crippen molar-refractivity contribution in [3.05, 3.63) is 39.0 Å². The van der Waals surface area contributed by atoms with E-state index in [9.17, 15) is 0 Å². The van der Waals surface area contributed by atoms with Crippen LogP contribution in [0, 0.1) is 0 Å². The minimum atomic E-state index is 0.555. The molecule has 5 nitrogen and oxygen atoms in total. The second-order valence-electron chi connectivity index (χ2n) is 5.05. The average molecular weight is 416 g/mol. The van der Waals surface area contributed by atoms with Crippen LogP contribution in [0.5, 0.6) is 5.75 Å². The molecule has 1 aliphatic rings. The summed E-state index contributed by atoms with van der Waals surface area (Å²) in [7, 11) is 0. The zero-order chi connectivity index (χ0) is 14.7. The van der Waals surface area contributed by atoms with Crippen molar-refractivity contribution >= 4 is 31.9 Å². The highest BCUT2D eigenvalue weighted by Gasteiger charge is 2.20. The van der Waals surface area contributed by atoms with Crippen molar-refractivity contribution in [2.45, 2.75) is 32.0 Å². The van der Waals surface area contributed by atoms with E-state index in [0.717, 1.165) is 26.9 Å². The van der Waals surface area contributed by atoms with E-state index >= 15 is 0 Å². The molecule has 1 aromatic heterocycles. The first-order valence-electron chi connectivity index (χ1n) is 6.91. The maximum atomic E-state index is 5.74. The van der Waals surface area contributed by atoms with Gasteiger partial charge in [-0.3, -0.25) is 0 Å². The molecule has 0 unspecified atom stereocenters. The Labute approximate surface area is 140 Å². The van der Waals surface area contributed by atoms with E-state index in [2.05, 4.69) is 47.5 Å². The SMILES string of the molecule is Brc1ccc(OCCn2cc(CNC3CC3)nn2)c(Br)c1. The molecule has 3 rings (SSSR count). The number of benzene rings is 1. The lowest BCUT2D eigenvalue weighted by Crippen LogP contribution is -2.15. The number of aromatic nitrogens is 3. The minimum Gasteiger partial charge on any atom is -0.490 e. The van der Waals surface area contributed by atoms with Crippen LogP contribution >= 0.6 is 31.9 Å². The maximum absolute atomic E-state index is 5.74. The molecule has 1 fully saturated rings. The van der Waals surface area contributed by atoms with Crippen LogP contribution in [0.2, 0.25) is 0 Å². The Balaban J connectivity index is 1.46. The van der Waals surface area contributed by atoms with E-state index in [1.54, 1.807) is 0 Å². The van der Waals surface area contributed by atoms with Crippen molar-refractivity contribution in [2.75, 3.05) is 6.61 Å².